The van der Waals surface area contributed by atoms with Crippen LogP contribution >= 0.6 is 15.9 Å². The Kier molecular flexibility index (Phi) is 3.98. The number of hydrogen-bond donors (Lipinski definition) is 0. The second-order valence-electron chi connectivity index (χ2n) is 4.50. The fourth-order valence-electron chi connectivity index (χ4n) is 2.16. The molecule has 1 saturated heterocycles. The maximum Gasteiger partial charge on any atom is 0.143 e. The van der Waals surface area contributed by atoms with Crippen LogP contribution in [0.4, 0.5) is 8.78 Å². The van der Waals surface area contributed by atoms with Crippen molar-refractivity contribution in [2.24, 2.45) is 5.41 Å². The van der Waals surface area contributed by atoms with E-state index in [-0.39, 0.29) is 16.5 Å². The molecule has 96 valence electrons. The van der Waals surface area contributed by atoms with E-state index in [0.29, 0.717) is 26.1 Å². The highest BCUT2D eigenvalue weighted by atomic mass is 79.9. The average molecular weight is 316 g/mol. The largest absolute Gasteiger partial charge is 0.381 e. The third-order valence-electron chi connectivity index (χ3n) is 3.34. The maximum absolute atomic E-state index is 13.9. The molecule has 2 rings (SSSR count). The number of ether oxygens (including phenoxy) is 1. The quantitative estimate of drug-likeness (QED) is 0.781. The molecule has 1 aliphatic heterocycles. The van der Waals surface area contributed by atoms with Crippen LogP contribution in [0.25, 0.3) is 0 Å². The van der Waals surface area contributed by atoms with Crippen LogP contribution in [-0.4, -0.2) is 13.2 Å². The Morgan fingerprint density at radius 1 is 1.33 bits per heavy atom. The molecule has 0 unspecified atom stereocenters. The minimum absolute atomic E-state index is 0.0205. The van der Waals surface area contributed by atoms with Crippen LogP contribution in [0.5, 0.6) is 0 Å². The summed E-state index contributed by atoms with van der Waals surface area (Å²) in [6.07, 6.45) is 1.10. The van der Waals surface area contributed by atoms with Gasteiger partial charge in [0.2, 0.25) is 0 Å². The zero-order chi connectivity index (χ0) is 13.2. The van der Waals surface area contributed by atoms with Crippen molar-refractivity contribution in [1.29, 1.82) is 5.26 Å². The Balaban J connectivity index is 2.33. The molecule has 0 bridgehead atoms. The van der Waals surface area contributed by atoms with Gasteiger partial charge in [-0.25, -0.2) is 8.78 Å². The summed E-state index contributed by atoms with van der Waals surface area (Å²) in [5, 5.41) is 9.29. The summed E-state index contributed by atoms with van der Waals surface area (Å²) in [6, 6.07) is 4.76. The lowest BCUT2D eigenvalue weighted by molar-refractivity contribution is 0.0399. The fraction of sp³-hybridized carbons (Fsp3) is 0.462. The highest BCUT2D eigenvalue weighted by Gasteiger charge is 2.35. The first-order chi connectivity index (χ1) is 8.58. The third kappa shape index (κ3) is 2.55. The van der Waals surface area contributed by atoms with E-state index >= 15 is 0 Å². The second-order valence-corrected chi connectivity index (χ2v) is 5.36. The first-order valence-electron chi connectivity index (χ1n) is 5.69. The molecule has 0 saturated carbocycles. The molecule has 1 heterocycles. The van der Waals surface area contributed by atoms with Crippen molar-refractivity contribution in [3.05, 3.63) is 33.8 Å². The van der Waals surface area contributed by atoms with E-state index in [4.69, 9.17) is 4.74 Å². The molecule has 1 aromatic carbocycles. The lowest BCUT2D eigenvalue weighted by Gasteiger charge is -2.30. The molecule has 1 aliphatic rings. The zero-order valence-electron chi connectivity index (χ0n) is 9.68. The smallest absolute Gasteiger partial charge is 0.143 e. The Morgan fingerprint density at radius 2 is 2.00 bits per heavy atom. The zero-order valence-corrected chi connectivity index (χ0v) is 11.3. The highest BCUT2D eigenvalue weighted by Crippen LogP contribution is 2.36. The standard InChI is InChI=1S/C13H12BrF2NO/c14-10-1-2-11(15)9(12(10)16)7-13(8-17)3-5-18-6-4-13/h1-2H,3-7H2. The SMILES string of the molecule is N#CC1(Cc2c(F)ccc(Br)c2F)CCOCC1. The molecule has 0 aliphatic carbocycles. The average Bonchev–Trinajstić information content (AvgIpc) is 2.40. The summed E-state index contributed by atoms with van der Waals surface area (Å²) in [4.78, 5) is 0. The van der Waals surface area contributed by atoms with Crippen molar-refractivity contribution >= 4 is 15.9 Å². The predicted octanol–water partition coefficient (Wildman–Crippen LogP) is 3.59. The summed E-state index contributed by atoms with van der Waals surface area (Å²) in [6.45, 7) is 0.926. The van der Waals surface area contributed by atoms with Crippen molar-refractivity contribution in [2.75, 3.05) is 13.2 Å². The van der Waals surface area contributed by atoms with Crippen molar-refractivity contribution in [3.8, 4) is 6.07 Å². The molecule has 1 fully saturated rings. The van der Waals surface area contributed by atoms with E-state index in [9.17, 15) is 14.0 Å². The summed E-state index contributed by atoms with van der Waals surface area (Å²) in [5.41, 5.74) is -0.742. The Hall–Kier alpha value is -0.990. The molecule has 0 radical (unpaired) electrons. The number of benzene rings is 1. The van der Waals surface area contributed by atoms with Crippen LogP contribution in [0, 0.1) is 28.4 Å². The fourth-order valence-corrected chi connectivity index (χ4v) is 2.53. The number of hydrogen-bond acceptors (Lipinski definition) is 2. The van der Waals surface area contributed by atoms with E-state index < -0.39 is 17.0 Å². The molecule has 5 heteroatoms. The highest BCUT2D eigenvalue weighted by molar-refractivity contribution is 9.10. The Bertz CT molecular complexity index is 492. The van der Waals surface area contributed by atoms with Gasteiger partial charge in [0.05, 0.1) is 16.0 Å². The summed E-state index contributed by atoms with van der Waals surface area (Å²) in [5.74, 6) is -1.21. The second kappa shape index (κ2) is 5.33. The van der Waals surface area contributed by atoms with Crippen LogP contribution in [0.3, 0.4) is 0 Å². The van der Waals surface area contributed by atoms with Gasteiger partial charge in [0.1, 0.15) is 11.6 Å². The van der Waals surface area contributed by atoms with Crippen LogP contribution < -0.4 is 0 Å². The lowest BCUT2D eigenvalue weighted by atomic mass is 9.76. The minimum atomic E-state index is -0.722. The van der Waals surface area contributed by atoms with E-state index in [1.54, 1.807) is 0 Å². The van der Waals surface area contributed by atoms with E-state index in [1.807, 2.05) is 0 Å². The molecule has 0 atom stereocenters. The molecule has 1 aromatic rings. The number of rotatable bonds is 2. The van der Waals surface area contributed by atoms with Gasteiger partial charge < -0.3 is 4.74 Å². The lowest BCUT2D eigenvalue weighted by Crippen LogP contribution is -2.31. The van der Waals surface area contributed by atoms with Gasteiger partial charge in [-0.1, -0.05) is 0 Å². The molecular formula is C13H12BrF2NO. The van der Waals surface area contributed by atoms with Gasteiger partial charge in [0, 0.05) is 18.8 Å². The topological polar surface area (TPSA) is 33.0 Å². The van der Waals surface area contributed by atoms with Crippen molar-refractivity contribution < 1.29 is 13.5 Å². The van der Waals surface area contributed by atoms with Gasteiger partial charge >= 0.3 is 0 Å². The first kappa shape index (κ1) is 13.4. The molecular weight excluding hydrogens is 304 g/mol. The monoisotopic (exact) mass is 315 g/mol. The van der Waals surface area contributed by atoms with Crippen molar-refractivity contribution in [2.45, 2.75) is 19.3 Å². The summed E-state index contributed by atoms with van der Waals surface area (Å²) < 4.78 is 33.0. The number of halogens is 3. The summed E-state index contributed by atoms with van der Waals surface area (Å²) >= 11 is 3.04. The van der Waals surface area contributed by atoms with Crippen molar-refractivity contribution in [1.82, 2.24) is 0 Å². The van der Waals surface area contributed by atoms with Crippen LogP contribution in [0.1, 0.15) is 18.4 Å². The molecule has 18 heavy (non-hydrogen) atoms. The first-order valence-corrected chi connectivity index (χ1v) is 6.49. The van der Waals surface area contributed by atoms with Crippen LogP contribution in [0.15, 0.2) is 16.6 Å². The minimum Gasteiger partial charge on any atom is -0.381 e. The summed E-state index contributed by atoms with van der Waals surface area (Å²) in [7, 11) is 0. The number of nitrogens with zero attached hydrogens (tertiary/aromatic N) is 1. The molecule has 0 aromatic heterocycles. The van der Waals surface area contributed by atoms with Gasteiger partial charge in [-0.3, -0.25) is 0 Å². The molecule has 0 N–H and O–H groups in total. The van der Waals surface area contributed by atoms with Gasteiger partial charge in [0.25, 0.3) is 0 Å². The molecule has 0 amide bonds. The van der Waals surface area contributed by atoms with Gasteiger partial charge in [-0.05, 0) is 47.3 Å². The van der Waals surface area contributed by atoms with Crippen LogP contribution in [-0.2, 0) is 11.2 Å². The predicted molar refractivity (Wildman–Crippen MR) is 65.9 cm³/mol. The molecule has 2 nitrogen and oxygen atoms in total. The third-order valence-corrected chi connectivity index (χ3v) is 3.95. The van der Waals surface area contributed by atoms with E-state index in [0.717, 1.165) is 0 Å². The van der Waals surface area contributed by atoms with Gasteiger partial charge in [-0.15, -0.1) is 0 Å². The van der Waals surface area contributed by atoms with Gasteiger partial charge in [-0.2, -0.15) is 5.26 Å². The van der Waals surface area contributed by atoms with Gasteiger partial charge in [0.15, 0.2) is 0 Å². The number of nitriles is 1. The van der Waals surface area contributed by atoms with E-state index in [2.05, 4.69) is 22.0 Å². The Morgan fingerprint density at radius 3 is 2.61 bits per heavy atom. The van der Waals surface area contributed by atoms with E-state index in [1.165, 1.54) is 12.1 Å². The normalized spacial score (nSPS) is 18.3. The Labute approximate surface area is 113 Å². The van der Waals surface area contributed by atoms with Crippen LogP contribution in [0.2, 0.25) is 0 Å². The molecule has 0 spiro atoms. The maximum atomic E-state index is 13.9. The van der Waals surface area contributed by atoms with Crippen molar-refractivity contribution in [3.63, 3.8) is 0 Å².